The molecule has 0 saturated heterocycles. The Kier molecular flexibility index (Phi) is 7.86. The van der Waals surface area contributed by atoms with Crippen molar-refractivity contribution in [3.8, 4) is 11.5 Å². The molecule has 0 aromatic heterocycles. The molecule has 3 N–H and O–H groups in total. The molecule has 10 heteroatoms. The van der Waals surface area contributed by atoms with Gasteiger partial charge in [0.2, 0.25) is 0 Å². The van der Waals surface area contributed by atoms with Crippen molar-refractivity contribution in [2.24, 2.45) is 10.8 Å². The first-order valence-corrected chi connectivity index (χ1v) is 7.97. The number of ether oxygens (including phenoxy) is 2. The van der Waals surface area contributed by atoms with E-state index in [-0.39, 0.29) is 12.5 Å². The van der Waals surface area contributed by atoms with E-state index in [4.69, 9.17) is 15.2 Å². The molecular weight excluding hydrogens is 396 g/mol. The van der Waals surface area contributed by atoms with E-state index in [1.54, 1.807) is 33.2 Å². The molecular formula is C15H19BrN4O5. The number of hydrazone groups is 1. The van der Waals surface area contributed by atoms with E-state index < -0.39 is 11.8 Å². The zero-order valence-electron chi connectivity index (χ0n) is 14.0. The van der Waals surface area contributed by atoms with Gasteiger partial charge < -0.3 is 20.1 Å². The van der Waals surface area contributed by atoms with E-state index in [0.29, 0.717) is 28.1 Å². The van der Waals surface area contributed by atoms with E-state index in [1.165, 1.54) is 11.1 Å². The topological polar surface area (TPSA) is 123 Å². The Morgan fingerprint density at radius 2 is 2.00 bits per heavy atom. The zero-order chi connectivity index (χ0) is 19.0. The first-order chi connectivity index (χ1) is 11.8. The summed E-state index contributed by atoms with van der Waals surface area (Å²) < 4.78 is 11.6. The van der Waals surface area contributed by atoms with Gasteiger partial charge in [0, 0.05) is 14.1 Å². The second-order valence-electron chi connectivity index (χ2n) is 4.90. The number of carbonyl (C=O) groups excluding carboxylic acids is 3. The third-order valence-electron chi connectivity index (χ3n) is 2.77. The van der Waals surface area contributed by atoms with Gasteiger partial charge >= 0.3 is 11.8 Å². The van der Waals surface area contributed by atoms with Gasteiger partial charge in [0.05, 0.1) is 17.3 Å². The third kappa shape index (κ3) is 6.42. The highest BCUT2D eigenvalue weighted by Crippen LogP contribution is 2.36. The van der Waals surface area contributed by atoms with Gasteiger partial charge in [-0.25, -0.2) is 5.43 Å². The molecule has 0 spiro atoms. The lowest BCUT2D eigenvalue weighted by Crippen LogP contribution is -2.32. The lowest BCUT2D eigenvalue weighted by Gasteiger charge is -2.16. The number of nitrogens with two attached hydrogens (primary N) is 1. The number of nitrogens with one attached hydrogen (secondary N) is 1. The minimum atomic E-state index is -1.14. The fourth-order valence-corrected chi connectivity index (χ4v) is 2.12. The summed E-state index contributed by atoms with van der Waals surface area (Å²) in [5.41, 5.74) is 7.35. The highest BCUT2D eigenvalue weighted by Gasteiger charge is 2.14. The Morgan fingerprint density at radius 1 is 1.32 bits per heavy atom. The second-order valence-corrected chi connectivity index (χ2v) is 5.76. The maximum absolute atomic E-state index is 11.7. The van der Waals surface area contributed by atoms with E-state index in [9.17, 15) is 14.4 Å². The number of nitrogens with zero attached hydrogens (tertiary/aromatic N) is 2. The van der Waals surface area contributed by atoms with E-state index in [0.717, 1.165) is 0 Å². The number of carbonyl (C=O) groups is 3. The summed E-state index contributed by atoms with van der Waals surface area (Å²) in [7, 11) is 3.26. The molecule has 0 unspecified atom stereocenters. The van der Waals surface area contributed by atoms with Gasteiger partial charge in [-0.05, 0) is 40.5 Å². The van der Waals surface area contributed by atoms with Crippen molar-refractivity contribution in [1.82, 2.24) is 10.3 Å². The highest BCUT2D eigenvalue weighted by molar-refractivity contribution is 9.10. The zero-order valence-corrected chi connectivity index (χ0v) is 15.6. The lowest BCUT2D eigenvalue weighted by molar-refractivity contribution is -0.137. The Labute approximate surface area is 153 Å². The van der Waals surface area contributed by atoms with Gasteiger partial charge in [-0.15, -0.1) is 0 Å². The quantitative estimate of drug-likeness (QED) is 0.376. The van der Waals surface area contributed by atoms with Gasteiger partial charge in [0.25, 0.3) is 5.91 Å². The Bertz CT molecular complexity index is 691. The molecule has 0 fully saturated rings. The van der Waals surface area contributed by atoms with Crippen LogP contribution < -0.4 is 20.6 Å². The van der Waals surface area contributed by atoms with Crippen LogP contribution in [0.15, 0.2) is 21.7 Å². The number of benzene rings is 1. The van der Waals surface area contributed by atoms with Crippen LogP contribution in [0, 0.1) is 0 Å². The number of primary amides is 1. The van der Waals surface area contributed by atoms with Crippen molar-refractivity contribution >= 4 is 39.9 Å². The van der Waals surface area contributed by atoms with E-state index in [2.05, 4.69) is 21.0 Å². The van der Waals surface area contributed by atoms with Crippen molar-refractivity contribution in [2.75, 3.05) is 27.3 Å². The molecule has 0 atom stereocenters. The predicted octanol–water partition coefficient (Wildman–Crippen LogP) is 0.250. The fraction of sp³-hybridized carbons (Fsp3) is 0.333. The Morgan fingerprint density at radius 3 is 2.56 bits per heavy atom. The van der Waals surface area contributed by atoms with Crippen LogP contribution in [0.25, 0.3) is 0 Å². The third-order valence-corrected chi connectivity index (χ3v) is 3.36. The largest absolute Gasteiger partial charge is 0.490 e. The van der Waals surface area contributed by atoms with Gasteiger partial charge in [-0.3, -0.25) is 14.4 Å². The van der Waals surface area contributed by atoms with Crippen LogP contribution in [-0.2, 0) is 14.4 Å². The van der Waals surface area contributed by atoms with Crippen LogP contribution in [0.5, 0.6) is 11.5 Å². The monoisotopic (exact) mass is 414 g/mol. The molecule has 136 valence electrons. The summed E-state index contributed by atoms with van der Waals surface area (Å²) >= 11 is 3.35. The number of amides is 3. The second kappa shape index (κ2) is 9.62. The van der Waals surface area contributed by atoms with Crippen molar-refractivity contribution in [3.63, 3.8) is 0 Å². The van der Waals surface area contributed by atoms with Crippen LogP contribution in [0.2, 0.25) is 0 Å². The molecule has 0 radical (unpaired) electrons. The molecule has 0 aliphatic heterocycles. The first-order valence-electron chi connectivity index (χ1n) is 7.18. The van der Waals surface area contributed by atoms with Crippen molar-refractivity contribution in [3.05, 3.63) is 22.2 Å². The van der Waals surface area contributed by atoms with Gasteiger partial charge in [-0.2, -0.15) is 5.10 Å². The Hall–Kier alpha value is -2.62. The maximum Gasteiger partial charge on any atom is 0.329 e. The number of likely N-dealkylation sites (N-methyl/N-ethyl adjacent to an activating group) is 1. The molecule has 0 aliphatic carbocycles. The van der Waals surface area contributed by atoms with Crippen molar-refractivity contribution in [2.45, 2.75) is 6.92 Å². The summed E-state index contributed by atoms with van der Waals surface area (Å²) in [6, 6.07) is 3.27. The molecule has 0 heterocycles. The van der Waals surface area contributed by atoms with Crippen LogP contribution in [0.4, 0.5) is 0 Å². The highest BCUT2D eigenvalue weighted by atomic mass is 79.9. The standard InChI is InChI=1S/C15H19BrN4O5/c1-4-24-11-6-9(7-18-19-15(23)14(17)22)5-10(16)13(11)25-8-12(21)20(2)3/h5-7H,4,8H2,1-3H3,(H2,17,22)(H,19,23)/b18-7-. The fourth-order valence-electron chi connectivity index (χ4n) is 1.55. The van der Waals surface area contributed by atoms with Crippen LogP contribution in [0.1, 0.15) is 12.5 Å². The number of halogens is 1. The van der Waals surface area contributed by atoms with Crippen LogP contribution in [-0.4, -0.2) is 56.1 Å². The van der Waals surface area contributed by atoms with Gasteiger partial charge in [-0.1, -0.05) is 0 Å². The van der Waals surface area contributed by atoms with Crippen molar-refractivity contribution < 1.29 is 23.9 Å². The molecule has 1 aromatic carbocycles. The molecule has 0 aliphatic rings. The number of hydrogen-bond donors (Lipinski definition) is 2. The first kappa shape index (κ1) is 20.4. The maximum atomic E-state index is 11.7. The Balaban J connectivity index is 2.97. The minimum Gasteiger partial charge on any atom is -0.490 e. The SMILES string of the molecule is CCOc1cc(/C=N\NC(=O)C(N)=O)cc(Br)c1OCC(=O)N(C)C. The average Bonchev–Trinajstić information content (AvgIpc) is 2.53. The lowest BCUT2D eigenvalue weighted by atomic mass is 10.2. The van der Waals surface area contributed by atoms with Gasteiger partial charge in [0.15, 0.2) is 18.1 Å². The normalized spacial score (nSPS) is 10.4. The number of rotatable bonds is 7. The smallest absolute Gasteiger partial charge is 0.329 e. The summed E-state index contributed by atoms with van der Waals surface area (Å²) in [5, 5.41) is 3.63. The molecule has 1 rings (SSSR count). The van der Waals surface area contributed by atoms with E-state index >= 15 is 0 Å². The minimum absolute atomic E-state index is 0.145. The molecule has 3 amide bonds. The van der Waals surface area contributed by atoms with Crippen LogP contribution >= 0.6 is 15.9 Å². The van der Waals surface area contributed by atoms with Crippen LogP contribution in [0.3, 0.4) is 0 Å². The van der Waals surface area contributed by atoms with Gasteiger partial charge in [0.1, 0.15) is 0 Å². The average molecular weight is 415 g/mol. The molecule has 0 saturated carbocycles. The molecule has 25 heavy (non-hydrogen) atoms. The van der Waals surface area contributed by atoms with E-state index in [1.807, 2.05) is 5.43 Å². The molecule has 9 nitrogen and oxygen atoms in total. The summed E-state index contributed by atoms with van der Waals surface area (Å²) in [6.07, 6.45) is 1.31. The van der Waals surface area contributed by atoms with Crippen molar-refractivity contribution in [1.29, 1.82) is 0 Å². The summed E-state index contributed by atoms with van der Waals surface area (Å²) in [6.45, 7) is 2.04. The summed E-state index contributed by atoms with van der Waals surface area (Å²) in [4.78, 5) is 34.7. The predicted molar refractivity (Wildman–Crippen MR) is 94.4 cm³/mol. The summed E-state index contributed by atoms with van der Waals surface area (Å²) in [5.74, 6) is -1.60. The molecule has 1 aromatic rings. The number of hydrogen-bond acceptors (Lipinski definition) is 6. The molecule has 0 bridgehead atoms.